The Bertz CT molecular complexity index is 1140. The Morgan fingerprint density at radius 3 is 2.36 bits per heavy atom. The Balaban J connectivity index is 1.76. The van der Waals surface area contributed by atoms with Gasteiger partial charge in [-0.15, -0.1) is 0 Å². The van der Waals surface area contributed by atoms with Crippen molar-refractivity contribution in [3.63, 3.8) is 0 Å². The molecule has 170 valence electrons. The molecule has 1 aromatic heterocycles. The van der Waals surface area contributed by atoms with Crippen molar-refractivity contribution >= 4 is 12.0 Å². The van der Waals surface area contributed by atoms with E-state index in [1.165, 1.54) is 18.2 Å². The molecule has 3 N–H and O–H groups in total. The van der Waals surface area contributed by atoms with Crippen LogP contribution in [0.5, 0.6) is 0 Å². The van der Waals surface area contributed by atoms with Gasteiger partial charge in [0.2, 0.25) is 0 Å². The number of hydrogen-bond acceptors (Lipinski definition) is 5. The summed E-state index contributed by atoms with van der Waals surface area (Å²) in [6.07, 6.45) is 2.50. The van der Waals surface area contributed by atoms with Gasteiger partial charge in [0.15, 0.2) is 5.82 Å². The van der Waals surface area contributed by atoms with Gasteiger partial charge in [0, 0.05) is 29.0 Å². The van der Waals surface area contributed by atoms with E-state index in [-0.39, 0.29) is 18.2 Å². The average Bonchev–Trinajstić information content (AvgIpc) is 3.63. The summed E-state index contributed by atoms with van der Waals surface area (Å²) in [4.78, 5) is 20.4. The Morgan fingerprint density at radius 1 is 1.03 bits per heavy atom. The molecule has 4 rings (SSSR count). The van der Waals surface area contributed by atoms with Gasteiger partial charge >= 0.3 is 5.97 Å². The van der Waals surface area contributed by atoms with Gasteiger partial charge in [-0.25, -0.2) is 14.4 Å². The summed E-state index contributed by atoms with van der Waals surface area (Å²) in [6.45, 7) is 0. The molecule has 6 nitrogen and oxygen atoms in total. The largest absolute Gasteiger partial charge is 0.481 e. The van der Waals surface area contributed by atoms with Crippen LogP contribution in [0.25, 0.3) is 28.7 Å². The summed E-state index contributed by atoms with van der Waals surface area (Å²) in [5, 5.41) is 29.0. The number of aliphatic hydroxyl groups is 2. The van der Waals surface area contributed by atoms with E-state index in [1.807, 2.05) is 30.3 Å². The van der Waals surface area contributed by atoms with Crippen LogP contribution in [0.2, 0.25) is 0 Å². The Kier molecular flexibility index (Phi) is 6.91. The molecular weight excluding hydrogens is 423 g/mol. The van der Waals surface area contributed by atoms with E-state index in [0.717, 1.165) is 35.2 Å². The zero-order valence-electron chi connectivity index (χ0n) is 17.9. The van der Waals surface area contributed by atoms with Crippen molar-refractivity contribution in [2.75, 3.05) is 0 Å². The molecule has 3 aromatic rings. The number of carbonyl (C=O) groups is 1. The van der Waals surface area contributed by atoms with Gasteiger partial charge in [0.05, 0.1) is 30.0 Å². The predicted octanol–water partition coefficient (Wildman–Crippen LogP) is 4.43. The van der Waals surface area contributed by atoms with Crippen LogP contribution in [0, 0.1) is 5.82 Å². The Hall–Kier alpha value is -3.42. The maximum absolute atomic E-state index is 13.6. The fourth-order valence-electron chi connectivity index (χ4n) is 3.71. The number of rotatable bonds is 9. The van der Waals surface area contributed by atoms with Crippen LogP contribution in [0.1, 0.15) is 42.9 Å². The highest BCUT2D eigenvalue weighted by Gasteiger charge is 2.30. The first-order chi connectivity index (χ1) is 15.9. The number of carboxylic acids is 1. The molecule has 1 saturated carbocycles. The molecule has 1 fully saturated rings. The number of aromatic nitrogens is 2. The SMILES string of the molecule is O=C(O)CC(O)CC(O)/C=C/c1c(-c2ccc(F)cc2)nc(-c2ccccc2)nc1C1CC1. The minimum atomic E-state index is -1.15. The predicted molar refractivity (Wildman–Crippen MR) is 123 cm³/mol. The van der Waals surface area contributed by atoms with E-state index in [0.29, 0.717) is 11.5 Å². The number of halogens is 1. The summed E-state index contributed by atoms with van der Waals surface area (Å²) in [5.41, 5.74) is 3.81. The molecule has 1 heterocycles. The summed E-state index contributed by atoms with van der Waals surface area (Å²) < 4.78 is 13.6. The number of aliphatic carboxylic acids is 1. The number of aliphatic hydroxyl groups excluding tert-OH is 2. The molecule has 0 radical (unpaired) electrons. The molecule has 2 aromatic carbocycles. The lowest BCUT2D eigenvalue weighted by atomic mass is 9.99. The van der Waals surface area contributed by atoms with E-state index in [1.54, 1.807) is 18.2 Å². The molecule has 0 aliphatic heterocycles. The first-order valence-corrected chi connectivity index (χ1v) is 10.9. The minimum absolute atomic E-state index is 0.101. The fraction of sp³-hybridized carbons (Fsp3) is 0.269. The van der Waals surface area contributed by atoms with Crippen LogP contribution in [0.15, 0.2) is 60.7 Å². The summed E-state index contributed by atoms with van der Waals surface area (Å²) in [6, 6.07) is 15.7. The monoisotopic (exact) mass is 448 g/mol. The molecule has 0 spiro atoms. The van der Waals surface area contributed by atoms with Gasteiger partial charge in [-0.1, -0.05) is 42.5 Å². The van der Waals surface area contributed by atoms with Gasteiger partial charge in [0.1, 0.15) is 5.82 Å². The zero-order valence-corrected chi connectivity index (χ0v) is 17.9. The zero-order chi connectivity index (χ0) is 23.4. The van der Waals surface area contributed by atoms with Crippen molar-refractivity contribution < 1.29 is 24.5 Å². The highest BCUT2D eigenvalue weighted by Crippen LogP contribution is 2.43. The maximum atomic E-state index is 13.6. The van der Waals surface area contributed by atoms with Crippen molar-refractivity contribution in [1.82, 2.24) is 9.97 Å². The molecule has 1 aliphatic rings. The highest BCUT2D eigenvalue weighted by molar-refractivity contribution is 5.76. The third-order valence-electron chi connectivity index (χ3n) is 5.50. The summed E-state index contributed by atoms with van der Waals surface area (Å²) >= 11 is 0. The quantitative estimate of drug-likeness (QED) is 0.448. The second-order valence-electron chi connectivity index (χ2n) is 8.26. The van der Waals surface area contributed by atoms with E-state index >= 15 is 0 Å². The molecule has 33 heavy (non-hydrogen) atoms. The van der Waals surface area contributed by atoms with Crippen molar-refractivity contribution in [3.8, 4) is 22.6 Å². The second-order valence-corrected chi connectivity index (χ2v) is 8.26. The first-order valence-electron chi connectivity index (χ1n) is 10.9. The highest BCUT2D eigenvalue weighted by atomic mass is 19.1. The lowest BCUT2D eigenvalue weighted by molar-refractivity contribution is -0.139. The number of benzene rings is 2. The van der Waals surface area contributed by atoms with E-state index in [4.69, 9.17) is 15.1 Å². The fourth-order valence-corrected chi connectivity index (χ4v) is 3.71. The van der Waals surface area contributed by atoms with E-state index in [2.05, 4.69) is 0 Å². The molecule has 1 aliphatic carbocycles. The standard InChI is InChI=1S/C26H25FN2O4/c27-19-10-8-17(9-11-19)25-22(13-12-20(30)14-21(31)15-23(32)33)24(16-6-7-16)28-26(29-25)18-4-2-1-3-5-18/h1-5,8-13,16,20-21,30-31H,6-7,14-15H2,(H,32,33)/b13-12+. The molecule has 0 bridgehead atoms. The van der Waals surface area contributed by atoms with Gasteiger partial charge in [0.25, 0.3) is 0 Å². The third-order valence-corrected chi connectivity index (χ3v) is 5.50. The Morgan fingerprint density at radius 2 is 1.73 bits per heavy atom. The molecule has 0 amide bonds. The van der Waals surface area contributed by atoms with Crippen molar-refractivity contribution in [2.24, 2.45) is 0 Å². The normalized spacial score (nSPS) is 15.5. The first kappa shape index (κ1) is 22.8. The topological polar surface area (TPSA) is 104 Å². The van der Waals surface area contributed by atoms with Crippen LogP contribution < -0.4 is 0 Å². The number of hydrogen-bond donors (Lipinski definition) is 3. The maximum Gasteiger partial charge on any atom is 0.305 e. The van der Waals surface area contributed by atoms with E-state index < -0.39 is 24.6 Å². The van der Waals surface area contributed by atoms with Crippen LogP contribution >= 0.6 is 0 Å². The van der Waals surface area contributed by atoms with Crippen molar-refractivity contribution in [3.05, 3.63) is 77.7 Å². The number of carboxylic acid groups (broad SMARTS) is 1. The Labute approximate surface area is 191 Å². The summed E-state index contributed by atoms with van der Waals surface area (Å²) in [7, 11) is 0. The van der Waals surface area contributed by atoms with Gasteiger partial charge < -0.3 is 15.3 Å². The lowest BCUT2D eigenvalue weighted by Crippen LogP contribution is -2.19. The van der Waals surface area contributed by atoms with Crippen LogP contribution in [0.3, 0.4) is 0 Å². The summed E-state index contributed by atoms with van der Waals surface area (Å²) in [5.74, 6) is -0.632. The molecule has 0 saturated heterocycles. The van der Waals surface area contributed by atoms with Gasteiger partial charge in [-0.2, -0.15) is 0 Å². The minimum Gasteiger partial charge on any atom is -0.481 e. The van der Waals surface area contributed by atoms with Crippen molar-refractivity contribution in [2.45, 2.75) is 43.8 Å². The molecular formula is C26H25FN2O4. The van der Waals surface area contributed by atoms with Gasteiger partial charge in [-0.05, 0) is 37.1 Å². The third kappa shape index (κ3) is 5.88. The molecule has 7 heteroatoms. The molecule has 2 unspecified atom stereocenters. The number of nitrogens with zero attached hydrogens (tertiary/aromatic N) is 2. The van der Waals surface area contributed by atoms with Crippen LogP contribution in [0.4, 0.5) is 4.39 Å². The van der Waals surface area contributed by atoms with Gasteiger partial charge in [-0.3, -0.25) is 4.79 Å². The smallest absolute Gasteiger partial charge is 0.305 e. The lowest BCUT2D eigenvalue weighted by Gasteiger charge is -2.15. The average molecular weight is 448 g/mol. The van der Waals surface area contributed by atoms with Crippen molar-refractivity contribution in [1.29, 1.82) is 0 Å². The van der Waals surface area contributed by atoms with Crippen LogP contribution in [-0.2, 0) is 4.79 Å². The molecule has 2 atom stereocenters. The van der Waals surface area contributed by atoms with Crippen LogP contribution in [-0.4, -0.2) is 43.5 Å². The second kappa shape index (κ2) is 10.0. The van der Waals surface area contributed by atoms with E-state index in [9.17, 15) is 19.4 Å².